The highest BCUT2D eigenvalue weighted by atomic mass is 32.1. The number of nitrogens with zero attached hydrogens (tertiary/aromatic N) is 2. The lowest BCUT2D eigenvalue weighted by molar-refractivity contribution is -0.138. The van der Waals surface area contributed by atoms with Gasteiger partial charge in [0.05, 0.1) is 12.1 Å². The highest BCUT2D eigenvalue weighted by Gasteiger charge is 2.25. The van der Waals surface area contributed by atoms with Crippen LogP contribution in [0.15, 0.2) is 29.6 Å². The number of thiophene rings is 1. The topological polar surface area (TPSA) is 60.9 Å². The van der Waals surface area contributed by atoms with E-state index in [0.717, 1.165) is 41.5 Å². The van der Waals surface area contributed by atoms with Crippen LogP contribution in [0.5, 0.6) is 0 Å². The number of benzene rings is 1. The number of likely N-dealkylation sites (tertiary alicyclic amines) is 1. The fraction of sp³-hybridized carbons (Fsp3) is 0.444. The van der Waals surface area contributed by atoms with Crippen molar-refractivity contribution < 1.29 is 14.7 Å². The summed E-state index contributed by atoms with van der Waals surface area (Å²) >= 11 is 1.60. The molecular formula is C18H22N2O3S. The van der Waals surface area contributed by atoms with Gasteiger partial charge >= 0.3 is 5.97 Å². The van der Waals surface area contributed by atoms with Gasteiger partial charge < -0.3 is 10.0 Å². The first-order valence-electron chi connectivity index (χ1n) is 8.24. The monoisotopic (exact) mass is 346 g/mol. The van der Waals surface area contributed by atoms with Crippen molar-refractivity contribution in [2.24, 2.45) is 0 Å². The van der Waals surface area contributed by atoms with Gasteiger partial charge in [-0.2, -0.15) is 0 Å². The van der Waals surface area contributed by atoms with E-state index < -0.39 is 5.97 Å². The van der Waals surface area contributed by atoms with Crippen LogP contribution < -0.4 is 0 Å². The summed E-state index contributed by atoms with van der Waals surface area (Å²) in [4.78, 5) is 27.6. The average Bonchev–Trinajstić information content (AvgIpc) is 2.82. The van der Waals surface area contributed by atoms with Crippen molar-refractivity contribution in [1.29, 1.82) is 0 Å². The van der Waals surface area contributed by atoms with E-state index in [9.17, 15) is 9.59 Å². The molecule has 5 nitrogen and oxygen atoms in total. The van der Waals surface area contributed by atoms with E-state index in [1.807, 2.05) is 46.5 Å². The third-order valence-corrected chi connectivity index (χ3v) is 5.67. The van der Waals surface area contributed by atoms with Gasteiger partial charge in [-0.15, -0.1) is 11.3 Å². The van der Waals surface area contributed by atoms with Crippen LogP contribution in [0.3, 0.4) is 0 Å². The van der Waals surface area contributed by atoms with Crippen molar-refractivity contribution in [3.8, 4) is 0 Å². The zero-order valence-corrected chi connectivity index (χ0v) is 14.6. The molecule has 2 heterocycles. The number of amides is 1. The highest BCUT2D eigenvalue weighted by Crippen LogP contribution is 2.27. The Balaban J connectivity index is 1.69. The third-order valence-electron chi connectivity index (χ3n) is 4.70. The standard InChI is InChI=1S/C18H22N2O3S/c1-19(11-17(21)22)13-5-4-9-20(10-8-13)18(23)15-12-24-16-7-3-2-6-14(15)16/h2-3,6-7,12-13H,4-5,8-11H2,1H3,(H,21,22). The Kier molecular flexibility index (Phi) is 5.16. The summed E-state index contributed by atoms with van der Waals surface area (Å²) in [5, 5.41) is 11.9. The predicted octanol–water partition coefficient (Wildman–Crippen LogP) is 2.91. The van der Waals surface area contributed by atoms with Crippen molar-refractivity contribution in [2.45, 2.75) is 25.3 Å². The molecule has 0 spiro atoms. The molecule has 24 heavy (non-hydrogen) atoms. The fourth-order valence-corrected chi connectivity index (χ4v) is 4.31. The molecule has 1 atom stereocenters. The smallest absolute Gasteiger partial charge is 0.317 e. The van der Waals surface area contributed by atoms with Crippen LogP contribution in [-0.4, -0.2) is 59.5 Å². The molecule has 3 rings (SSSR count). The maximum atomic E-state index is 12.9. The molecule has 1 N–H and O–H groups in total. The van der Waals surface area contributed by atoms with Gasteiger partial charge in [0.25, 0.3) is 5.91 Å². The third kappa shape index (κ3) is 3.60. The van der Waals surface area contributed by atoms with Crippen molar-refractivity contribution in [3.05, 3.63) is 35.2 Å². The second-order valence-corrected chi connectivity index (χ2v) is 7.24. The minimum atomic E-state index is -0.806. The van der Waals surface area contributed by atoms with E-state index in [1.165, 1.54) is 0 Å². The molecule has 6 heteroatoms. The summed E-state index contributed by atoms with van der Waals surface area (Å²) in [6, 6.07) is 8.21. The number of hydrogen-bond acceptors (Lipinski definition) is 4. The highest BCUT2D eigenvalue weighted by molar-refractivity contribution is 7.17. The Morgan fingerprint density at radius 1 is 1.29 bits per heavy atom. The Hall–Kier alpha value is -1.92. The molecule has 1 fully saturated rings. The van der Waals surface area contributed by atoms with Gasteiger partial charge in [-0.1, -0.05) is 18.2 Å². The Bertz CT molecular complexity index is 743. The summed E-state index contributed by atoms with van der Waals surface area (Å²) in [6.07, 6.45) is 2.65. The number of likely N-dealkylation sites (N-methyl/N-ethyl adjacent to an activating group) is 1. The van der Waals surface area contributed by atoms with E-state index in [0.29, 0.717) is 6.54 Å². The van der Waals surface area contributed by atoms with Crippen LogP contribution in [0.4, 0.5) is 0 Å². The summed E-state index contributed by atoms with van der Waals surface area (Å²) < 4.78 is 1.13. The lowest BCUT2D eigenvalue weighted by atomic mass is 10.1. The van der Waals surface area contributed by atoms with E-state index in [1.54, 1.807) is 11.3 Å². The molecule has 128 valence electrons. The molecule has 0 radical (unpaired) electrons. The largest absolute Gasteiger partial charge is 0.480 e. The molecule has 2 aromatic rings. The molecule has 0 bridgehead atoms. The van der Waals surface area contributed by atoms with Crippen LogP contribution in [0, 0.1) is 0 Å². The van der Waals surface area contributed by atoms with E-state index >= 15 is 0 Å². The number of fused-ring (bicyclic) bond motifs is 1. The minimum absolute atomic E-state index is 0.0494. The zero-order chi connectivity index (χ0) is 17.1. The molecule has 1 saturated heterocycles. The molecule has 1 aromatic carbocycles. The number of hydrogen-bond donors (Lipinski definition) is 1. The van der Waals surface area contributed by atoms with Crippen LogP contribution in [0.25, 0.3) is 10.1 Å². The molecule has 0 saturated carbocycles. The van der Waals surface area contributed by atoms with Gasteiger partial charge in [-0.05, 0) is 32.4 Å². The first-order valence-corrected chi connectivity index (χ1v) is 9.12. The maximum absolute atomic E-state index is 12.9. The first kappa shape index (κ1) is 16.9. The van der Waals surface area contributed by atoms with Crippen molar-refractivity contribution in [1.82, 2.24) is 9.80 Å². The quantitative estimate of drug-likeness (QED) is 0.925. The average molecular weight is 346 g/mol. The van der Waals surface area contributed by atoms with E-state index in [4.69, 9.17) is 5.11 Å². The van der Waals surface area contributed by atoms with E-state index in [-0.39, 0.29) is 18.5 Å². The van der Waals surface area contributed by atoms with Crippen molar-refractivity contribution >= 4 is 33.3 Å². The van der Waals surface area contributed by atoms with Crippen LogP contribution in [0.1, 0.15) is 29.6 Å². The summed E-state index contributed by atoms with van der Waals surface area (Å²) in [5.41, 5.74) is 0.785. The van der Waals surface area contributed by atoms with Gasteiger partial charge in [0.15, 0.2) is 0 Å². The van der Waals surface area contributed by atoms with Crippen LogP contribution in [-0.2, 0) is 4.79 Å². The number of carboxylic acid groups (broad SMARTS) is 1. The number of carbonyl (C=O) groups excluding carboxylic acids is 1. The molecule has 1 aliphatic heterocycles. The second-order valence-electron chi connectivity index (χ2n) is 6.33. The number of aliphatic carboxylic acids is 1. The van der Waals surface area contributed by atoms with Crippen LogP contribution in [0.2, 0.25) is 0 Å². The molecule has 0 aliphatic carbocycles. The number of carboxylic acids is 1. The van der Waals surface area contributed by atoms with Crippen molar-refractivity contribution in [2.75, 3.05) is 26.7 Å². The van der Waals surface area contributed by atoms with Gasteiger partial charge in [-0.3, -0.25) is 14.5 Å². The number of rotatable bonds is 4. The summed E-state index contributed by atoms with van der Waals surface area (Å²) in [7, 11) is 1.85. The molecular weight excluding hydrogens is 324 g/mol. The normalized spacial score (nSPS) is 18.8. The second kappa shape index (κ2) is 7.32. The Labute approximate surface area is 145 Å². The summed E-state index contributed by atoms with van der Waals surface area (Å²) in [5.74, 6) is -0.714. The van der Waals surface area contributed by atoms with Crippen molar-refractivity contribution in [3.63, 3.8) is 0 Å². The van der Waals surface area contributed by atoms with Gasteiger partial charge in [-0.25, -0.2) is 0 Å². The SMILES string of the molecule is CN(CC(=O)O)C1CCCN(C(=O)c2csc3ccccc23)CC1. The van der Waals surface area contributed by atoms with Gasteiger partial charge in [0, 0.05) is 34.6 Å². The van der Waals surface area contributed by atoms with Gasteiger partial charge in [0.2, 0.25) is 0 Å². The van der Waals surface area contributed by atoms with E-state index in [2.05, 4.69) is 0 Å². The summed E-state index contributed by atoms with van der Waals surface area (Å²) in [6.45, 7) is 1.46. The van der Waals surface area contributed by atoms with Crippen LogP contribution >= 0.6 is 11.3 Å². The van der Waals surface area contributed by atoms with Gasteiger partial charge in [0.1, 0.15) is 0 Å². The first-order chi connectivity index (χ1) is 11.6. The Morgan fingerprint density at radius 3 is 2.88 bits per heavy atom. The lowest BCUT2D eigenvalue weighted by Gasteiger charge is -2.25. The maximum Gasteiger partial charge on any atom is 0.317 e. The predicted molar refractivity (Wildman–Crippen MR) is 95.6 cm³/mol. The Morgan fingerprint density at radius 2 is 2.08 bits per heavy atom. The molecule has 1 aliphatic rings. The zero-order valence-electron chi connectivity index (χ0n) is 13.8. The minimum Gasteiger partial charge on any atom is -0.480 e. The lowest BCUT2D eigenvalue weighted by Crippen LogP contribution is -2.37. The molecule has 1 amide bonds. The molecule has 1 unspecified atom stereocenters. The molecule has 1 aromatic heterocycles. The fourth-order valence-electron chi connectivity index (χ4n) is 3.38. The number of carbonyl (C=O) groups is 2.